The van der Waals surface area contributed by atoms with E-state index in [1.807, 2.05) is 17.0 Å². The van der Waals surface area contributed by atoms with Crippen LogP contribution in [0.4, 0.5) is 20.5 Å². The van der Waals surface area contributed by atoms with Crippen molar-refractivity contribution in [2.24, 2.45) is 0 Å². The maximum atomic E-state index is 14.1. The summed E-state index contributed by atoms with van der Waals surface area (Å²) in [5, 5.41) is 3.09. The summed E-state index contributed by atoms with van der Waals surface area (Å²) in [6.07, 6.45) is -2.83. The molecule has 2 aromatic heterocycles. The Bertz CT molecular complexity index is 1560. The number of halogens is 2. The standard InChI is InChI=1S/C29H33F2N7O4/c1-18(28(39)36(2)17-19-9-10-22(40-3)23(15-19)41-4)32-29-34-24(37-11-13-42-14-12-37)16-25(35-29)38-21-8-6-5-7-20(21)33-27(38)26(30)31/h5-10,15-16,18,26H,11-14,17H2,1-4H3,(H,32,34,35)/t18-/m0/s1. The number of carbonyl (C=O) groups excluding carboxylic acids is 1. The molecule has 4 aromatic rings. The van der Waals surface area contributed by atoms with Gasteiger partial charge in [-0.05, 0) is 36.8 Å². The van der Waals surface area contributed by atoms with Crippen molar-refractivity contribution in [3.63, 3.8) is 0 Å². The molecule has 1 N–H and O–H groups in total. The van der Waals surface area contributed by atoms with Crippen molar-refractivity contribution in [3.8, 4) is 17.3 Å². The number of amides is 1. The molecule has 0 bridgehead atoms. The van der Waals surface area contributed by atoms with Gasteiger partial charge >= 0.3 is 0 Å². The predicted molar refractivity (Wildman–Crippen MR) is 154 cm³/mol. The second-order valence-corrected chi connectivity index (χ2v) is 9.85. The number of anilines is 2. The molecule has 1 aliphatic heterocycles. The highest BCUT2D eigenvalue weighted by molar-refractivity contribution is 5.84. The van der Waals surface area contributed by atoms with E-state index >= 15 is 0 Å². The molecule has 1 aliphatic rings. The first-order chi connectivity index (χ1) is 20.3. The maximum Gasteiger partial charge on any atom is 0.296 e. The molecule has 0 spiro atoms. The van der Waals surface area contributed by atoms with E-state index in [1.165, 1.54) is 4.57 Å². The van der Waals surface area contributed by atoms with E-state index in [1.54, 1.807) is 69.5 Å². The number of methoxy groups -OCH3 is 2. The zero-order valence-electron chi connectivity index (χ0n) is 23.9. The van der Waals surface area contributed by atoms with Crippen molar-refractivity contribution in [2.75, 3.05) is 57.8 Å². The van der Waals surface area contributed by atoms with Crippen LogP contribution < -0.4 is 19.7 Å². The SMILES string of the molecule is COc1ccc(CN(C)C(=O)[C@H](C)Nc2nc(N3CCOCC3)cc(-n3c(C(F)F)nc4ccccc43)n2)cc1OC. The number of hydrogen-bond donors (Lipinski definition) is 1. The zero-order valence-corrected chi connectivity index (χ0v) is 23.9. The summed E-state index contributed by atoms with van der Waals surface area (Å²) >= 11 is 0. The second-order valence-electron chi connectivity index (χ2n) is 9.85. The van der Waals surface area contributed by atoms with Crippen LogP contribution in [0, 0.1) is 0 Å². The first-order valence-electron chi connectivity index (χ1n) is 13.5. The van der Waals surface area contributed by atoms with Crippen LogP contribution in [-0.4, -0.2) is 83.9 Å². The fourth-order valence-corrected chi connectivity index (χ4v) is 4.90. The van der Waals surface area contributed by atoms with E-state index in [-0.39, 0.29) is 17.7 Å². The molecule has 1 fully saturated rings. The molecule has 5 rings (SSSR count). The first-order valence-corrected chi connectivity index (χ1v) is 13.5. The molecule has 1 saturated heterocycles. The number of alkyl halides is 2. The highest BCUT2D eigenvalue weighted by Gasteiger charge is 2.25. The van der Waals surface area contributed by atoms with Crippen molar-refractivity contribution >= 4 is 28.7 Å². The zero-order chi connectivity index (χ0) is 29.8. The van der Waals surface area contributed by atoms with Crippen molar-refractivity contribution in [1.82, 2.24) is 24.4 Å². The molecule has 0 aliphatic carbocycles. The van der Waals surface area contributed by atoms with Gasteiger partial charge in [-0.1, -0.05) is 18.2 Å². The van der Waals surface area contributed by atoms with Crippen molar-refractivity contribution in [1.29, 1.82) is 0 Å². The minimum Gasteiger partial charge on any atom is -0.493 e. The van der Waals surface area contributed by atoms with Crippen molar-refractivity contribution in [3.05, 3.63) is 59.9 Å². The van der Waals surface area contributed by atoms with E-state index < -0.39 is 18.3 Å². The Kier molecular flexibility index (Phi) is 8.67. The molecule has 13 heteroatoms. The fraction of sp³-hybridized carbons (Fsp3) is 0.379. The Morgan fingerprint density at radius 3 is 2.45 bits per heavy atom. The lowest BCUT2D eigenvalue weighted by atomic mass is 10.1. The van der Waals surface area contributed by atoms with Crippen LogP contribution in [0.25, 0.3) is 16.9 Å². The third-order valence-electron chi connectivity index (χ3n) is 7.01. The van der Waals surface area contributed by atoms with Crippen LogP contribution in [0.15, 0.2) is 48.5 Å². The lowest BCUT2D eigenvalue weighted by Gasteiger charge is -2.29. The number of morpholine rings is 1. The number of rotatable bonds is 10. The van der Waals surface area contributed by atoms with Gasteiger partial charge in [0.1, 0.15) is 17.7 Å². The number of imidazole rings is 1. The van der Waals surface area contributed by atoms with Gasteiger partial charge in [-0.2, -0.15) is 9.97 Å². The van der Waals surface area contributed by atoms with Crippen LogP contribution >= 0.6 is 0 Å². The molecule has 1 atom stereocenters. The van der Waals surface area contributed by atoms with Gasteiger partial charge in [0.05, 0.1) is 38.5 Å². The second kappa shape index (κ2) is 12.6. The number of fused-ring (bicyclic) bond motifs is 1. The van der Waals surface area contributed by atoms with Crippen LogP contribution in [0.3, 0.4) is 0 Å². The van der Waals surface area contributed by atoms with Gasteiger partial charge in [0.15, 0.2) is 17.3 Å². The van der Waals surface area contributed by atoms with E-state index in [2.05, 4.69) is 20.3 Å². The van der Waals surface area contributed by atoms with Gasteiger partial charge in [-0.25, -0.2) is 13.8 Å². The number of aromatic nitrogens is 4. The average molecular weight is 582 g/mol. The lowest BCUT2D eigenvalue weighted by molar-refractivity contribution is -0.130. The van der Waals surface area contributed by atoms with Gasteiger partial charge in [0, 0.05) is 32.7 Å². The number of ether oxygens (including phenoxy) is 3. The first kappa shape index (κ1) is 29.0. The molecular formula is C29H33F2N7O4. The monoisotopic (exact) mass is 581 g/mol. The maximum absolute atomic E-state index is 14.1. The van der Waals surface area contributed by atoms with Crippen molar-refractivity contribution in [2.45, 2.75) is 25.9 Å². The van der Waals surface area contributed by atoms with Gasteiger partial charge < -0.3 is 29.3 Å². The summed E-state index contributed by atoms with van der Waals surface area (Å²) in [6.45, 7) is 4.19. The quantitative estimate of drug-likeness (QED) is 0.297. The minimum absolute atomic E-state index is 0.132. The van der Waals surface area contributed by atoms with Gasteiger partial charge in [0.25, 0.3) is 6.43 Å². The summed E-state index contributed by atoms with van der Waals surface area (Å²) in [5.41, 5.74) is 1.77. The topological polar surface area (TPSA) is 107 Å². The smallest absolute Gasteiger partial charge is 0.296 e. The van der Waals surface area contributed by atoms with Gasteiger partial charge in [0.2, 0.25) is 11.9 Å². The number of hydrogen-bond acceptors (Lipinski definition) is 9. The molecule has 0 saturated carbocycles. The van der Waals surface area contributed by atoms with E-state index in [0.717, 1.165) is 5.56 Å². The Labute approximate surface area is 242 Å². The molecule has 3 heterocycles. The highest BCUT2D eigenvalue weighted by Crippen LogP contribution is 2.30. The number of nitrogens with zero attached hydrogens (tertiary/aromatic N) is 6. The number of benzene rings is 2. The summed E-state index contributed by atoms with van der Waals surface area (Å²) in [5.74, 6) is 1.41. The normalized spacial score (nSPS) is 14.2. The summed E-state index contributed by atoms with van der Waals surface area (Å²) < 4.78 is 45.8. The van der Waals surface area contributed by atoms with Crippen LogP contribution in [0.1, 0.15) is 24.7 Å². The number of carbonyl (C=O) groups is 1. The molecule has 222 valence electrons. The van der Waals surface area contributed by atoms with Crippen LogP contribution in [0.5, 0.6) is 11.5 Å². The molecule has 42 heavy (non-hydrogen) atoms. The minimum atomic E-state index is -2.83. The van der Waals surface area contributed by atoms with Crippen molar-refractivity contribution < 1.29 is 27.8 Å². The Morgan fingerprint density at radius 1 is 1.02 bits per heavy atom. The third kappa shape index (κ3) is 6.05. The Balaban J connectivity index is 1.44. The molecule has 0 radical (unpaired) electrons. The van der Waals surface area contributed by atoms with Gasteiger partial charge in [-0.15, -0.1) is 0 Å². The Hall–Kier alpha value is -4.52. The molecule has 11 nitrogen and oxygen atoms in total. The average Bonchev–Trinajstić information content (AvgIpc) is 3.41. The van der Waals surface area contributed by atoms with E-state index in [4.69, 9.17) is 14.2 Å². The summed E-state index contributed by atoms with van der Waals surface area (Å²) in [6, 6.07) is 13.3. The van der Waals surface area contributed by atoms with E-state index in [9.17, 15) is 13.6 Å². The lowest BCUT2D eigenvalue weighted by Crippen LogP contribution is -2.39. The fourth-order valence-electron chi connectivity index (χ4n) is 4.90. The molecular weight excluding hydrogens is 548 g/mol. The summed E-state index contributed by atoms with van der Waals surface area (Å²) in [7, 11) is 4.81. The van der Waals surface area contributed by atoms with Gasteiger partial charge in [-0.3, -0.25) is 9.36 Å². The van der Waals surface area contributed by atoms with Crippen LogP contribution in [0.2, 0.25) is 0 Å². The molecule has 2 aromatic carbocycles. The van der Waals surface area contributed by atoms with Crippen LogP contribution in [-0.2, 0) is 16.1 Å². The highest BCUT2D eigenvalue weighted by atomic mass is 19.3. The summed E-state index contributed by atoms with van der Waals surface area (Å²) in [4.78, 5) is 30.3. The van der Waals surface area contributed by atoms with E-state index in [0.29, 0.717) is 61.2 Å². The molecule has 0 unspecified atom stereocenters. The molecule has 1 amide bonds. The number of nitrogens with one attached hydrogen (secondary N) is 1. The Morgan fingerprint density at radius 2 is 1.74 bits per heavy atom. The largest absolute Gasteiger partial charge is 0.493 e. The third-order valence-corrected chi connectivity index (χ3v) is 7.01. The number of para-hydroxylation sites is 2. The number of likely N-dealkylation sites (N-methyl/N-ethyl adjacent to an activating group) is 1. The predicted octanol–water partition coefficient (Wildman–Crippen LogP) is 4.07.